The van der Waals surface area contributed by atoms with E-state index in [1.165, 1.54) is 0 Å². The number of hydrogen-bond donors (Lipinski definition) is 0. The van der Waals surface area contributed by atoms with Crippen molar-refractivity contribution >= 4 is 111 Å². The summed E-state index contributed by atoms with van der Waals surface area (Å²) in [7, 11) is 0. The van der Waals surface area contributed by atoms with Crippen molar-refractivity contribution in [2.75, 3.05) is 6.54 Å². The molecule has 254 valence electrons. The molecule has 4 amide bonds. The first kappa shape index (κ1) is 29.7. The molecular weight excluding hydrogens is 672 g/mol. The van der Waals surface area contributed by atoms with Crippen molar-refractivity contribution in [3.8, 4) is 0 Å². The van der Waals surface area contributed by atoms with Gasteiger partial charge in [0.25, 0.3) is 29.2 Å². The average Bonchev–Trinajstić information content (AvgIpc) is 3.70. The second kappa shape index (κ2) is 10.3. The van der Waals surface area contributed by atoms with Crippen LogP contribution in [0.4, 0.5) is 0 Å². The summed E-state index contributed by atoms with van der Waals surface area (Å²) in [6.07, 6.45) is -0.137. The van der Waals surface area contributed by atoms with Gasteiger partial charge in [-0.3, -0.25) is 33.3 Å². The van der Waals surface area contributed by atoms with Crippen molar-refractivity contribution in [2.24, 2.45) is 0 Å². The summed E-state index contributed by atoms with van der Waals surface area (Å²) in [5.74, 6) is -2.90. The highest BCUT2D eigenvalue weighted by molar-refractivity contribution is 6.41. The summed E-state index contributed by atoms with van der Waals surface area (Å²) in [6, 6.07) is 27.2. The highest BCUT2D eigenvalue weighted by Gasteiger charge is 2.35. The van der Waals surface area contributed by atoms with E-state index in [1.54, 1.807) is 16.5 Å². The number of amides is 4. The van der Waals surface area contributed by atoms with Gasteiger partial charge in [-0.15, -0.1) is 5.06 Å². The van der Waals surface area contributed by atoms with Crippen LogP contribution in [0.1, 0.15) is 46.4 Å². The second-order valence-electron chi connectivity index (χ2n) is 13.8. The van der Waals surface area contributed by atoms with E-state index in [2.05, 4.69) is 0 Å². The standard InChI is InChI=1S/C42H24N4O7/c47-32-15-16-33(48)46(32)53-34(49)6-3-17-44-40(50)27-12-8-24-22-7-11-26-37-29(14-10-23(35(22)37)25-9-13-28(41(44)51)38(27)36(24)25)42(52)45-31-19-21-5-2-1-4-20(21)18-30(31)43-39(26)45/h1-2,4-5,7-14,18-19H,3,6,15-17H2. The number of rotatable bonds is 5. The van der Waals surface area contributed by atoms with Crippen LogP contribution in [0.25, 0.3) is 81.3 Å². The lowest BCUT2D eigenvalue weighted by Crippen LogP contribution is -2.41. The first-order valence-electron chi connectivity index (χ1n) is 17.4. The summed E-state index contributed by atoms with van der Waals surface area (Å²) in [5, 5.41) is 10.6. The van der Waals surface area contributed by atoms with Crippen molar-refractivity contribution in [3.05, 3.63) is 106 Å². The molecule has 53 heavy (non-hydrogen) atoms. The minimum absolute atomic E-state index is 0.0125. The highest BCUT2D eigenvalue weighted by atomic mass is 16.7. The summed E-state index contributed by atoms with van der Waals surface area (Å²) >= 11 is 0. The maximum Gasteiger partial charge on any atom is 0.333 e. The number of carbonyl (C=O) groups excluding carboxylic acids is 5. The Kier molecular flexibility index (Phi) is 5.76. The second-order valence-corrected chi connectivity index (χ2v) is 13.8. The van der Waals surface area contributed by atoms with Crippen molar-refractivity contribution in [1.29, 1.82) is 0 Å². The Hall–Kier alpha value is -7.01. The van der Waals surface area contributed by atoms with Crippen LogP contribution in [0.3, 0.4) is 0 Å². The van der Waals surface area contributed by atoms with E-state index in [0.29, 0.717) is 32.6 Å². The van der Waals surface area contributed by atoms with Crippen LogP contribution in [0, 0.1) is 0 Å². The van der Waals surface area contributed by atoms with Gasteiger partial charge in [0.05, 0.1) is 11.0 Å². The van der Waals surface area contributed by atoms with E-state index in [-0.39, 0.29) is 37.8 Å². The Bertz CT molecular complexity index is 3190. The number of carbonyl (C=O) groups is 5. The van der Waals surface area contributed by atoms with Gasteiger partial charge in [-0.05, 0) is 85.9 Å². The first-order chi connectivity index (χ1) is 25.8. The number of benzene rings is 7. The van der Waals surface area contributed by atoms with Crippen molar-refractivity contribution in [3.63, 3.8) is 0 Å². The molecule has 11 rings (SSSR count). The first-order valence-corrected chi connectivity index (χ1v) is 17.4. The fraction of sp³-hybridized carbons (Fsp3) is 0.119. The minimum atomic E-state index is -0.796. The molecular formula is C42H24N4O7. The molecule has 0 bridgehead atoms. The lowest BCUT2D eigenvalue weighted by Gasteiger charge is -2.28. The van der Waals surface area contributed by atoms with Gasteiger partial charge in [-0.25, -0.2) is 9.78 Å². The number of fused-ring (bicyclic) bond motifs is 7. The molecule has 9 aromatic rings. The average molecular weight is 697 g/mol. The van der Waals surface area contributed by atoms with Crippen molar-refractivity contribution < 1.29 is 28.8 Å². The van der Waals surface area contributed by atoms with Crippen LogP contribution in [0.5, 0.6) is 0 Å². The molecule has 7 aromatic carbocycles. The molecule has 1 saturated heterocycles. The fourth-order valence-electron chi connectivity index (χ4n) is 8.65. The normalized spacial score (nSPS) is 15.1. The fourth-order valence-corrected chi connectivity index (χ4v) is 8.65. The van der Waals surface area contributed by atoms with Gasteiger partial charge in [0, 0.05) is 58.5 Å². The molecule has 2 aromatic heterocycles. The van der Waals surface area contributed by atoms with Gasteiger partial charge in [-0.2, -0.15) is 0 Å². The van der Waals surface area contributed by atoms with Gasteiger partial charge < -0.3 is 4.84 Å². The number of imide groups is 2. The molecule has 0 spiro atoms. The zero-order valence-electron chi connectivity index (χ0n) is 27.8. The van der Waals surface area contributed by atoms with Crippen LogP contribution in [0.15, 0.2) is 89.7 Å². The van der Waals surface area contributed by atoms with E-state index in [4.69, 9.17) is 9.82 Å². The van der Waals surface area contributed by atoms with Gasteiger partial charge >= 0.3 is 5.97 Å². The van der Waals surface area contributed by atoms with E-state index in [0.717, 1.165) is 69.8 Å². The highest BCUT2D eigenvalue weighted by Crippen LogP contribution is 2.46. The molecule has 1 fully saturated rings. The van der Waals surface area contributed by atoms with E-state index in [9.17, 15) is 28.8 Å². The molecule has 0 saturated carbocycles. The zero-order chi connectivity index (χ0) is 35.9. The number of hydroxylamine groups is 2. The Balaban J connectivity index is 1.04. The molecule has 4 heterocycles. The Morgan fingerprint density at radius 3 is 1.85 bits per heavy atom. The van der Waals surface area contributed by atoms with Gasteiger partial charge in [-0.1, -0.05) is 48.5 Å². The van der Waals surface area contributed by atoms with Crippen LogP contribution in [-0.2, 0) is 19.2 Å². The molecule has 0 atom stereocenters. The minimum Gasteiger partial charge on any atom is -0.330 e. The van der Waals surface area contributed by atoms with Crippen LogP contribution >= 0.6 is 0 Å². The van der Waals surface area contributed by atoms with Gasteiger partial charge in [0.1, 0.15) is 5.65 Å². The lowest BCUT2D eigenvalue weighted by atomic mass is 9.84. The smallest absolute Gasteiger partial charge is 0.330 e. The summed E-state index contributed by atoms with van der Waals surface area (Å²) < 4.78 is 1.71. The van der Waals surface area contributed by atoms with Crippen molar-refractivity contribution in [2.45, 2.75) is 25.7 Å². The number of aromatic nitrogens is 2. The molecule has 0 N–H and O–H groups in total. The molecule has 2 aliphatic rings. The molecule has 0 radical (unpaired) electrons. The Morgan fingerprint density at radius 1 is 0.642 bits per heavy atom. The third-order valence-corrected chi connectivity index (χ3v) is 11.0. The molecule has 11 nitrogen and oxygen atoms in total. The Labute approximate surface area is 297 Å². The van der Waals surface area contributed by atoms with E-state index < -0.39 is 29.6 Å². The quantitative estimate of drug-likeness (QED) is 0.111. The largest absolute Gasteiger partial charge is 0.333 e. The van der Waals surface area contributed by atoms with Crippen molar-refractivity contribution in [1.82, 2.24) is 19.3 Å². The molecule has 0 unspecified atom stereocenters. The zero-order valence-corrected chi connectivity index (χ0v) is 27.8. The molecule has 2 aliphatic heterocycles. The number of imidazole rings is 1. The predicted molar refractivity (Wildman–Crippen MR) is 198 cm³/mol. The summed E-state index contributed by atoms with van der Waals surface area (Å²) in [5.41, 5.74) is 2.70. The van der Waals surface area contributed by atoms with E-state index >= 15 is 0 Å². The van der Waals surface area contributed by atoms with Crippen LogP contribution in [0.2, 0.25) is 0 Å². The van der Waals surface area contributed by atoms with E-state index in [1.807, 2.05) is 72.8 Å². The summed E-state index contributed by atoms with van der Waals surface area (Å²) in [4.78, 5) is 89.2. The predicted octanol–water partition coefficient (Wildman–Crippen LogP) is 6.63. The summed E-state index contributed by atoms with van der Waals surface area (Å²) in [6.45, 7) is -0.0540. The number of pyridine rings is 1. The van der Waals surface area contributed by atoms with Crippen LogP contribution in [-0.4, -0.2) is 55.5 Å². The molecule has 0 aliphatic carbocycles. The maximum atomic E-state index is 14.3. The molecule has 11 heteroatoms. The monoisotopic (exact) mass is 696 g/mol. The lowest BCUT2D eigenvalue weighted by molar-refractivity contribution is -0.197. The third-order valence-electron chi connectivity index (χ3n) is 11.0. The van der Waals surface area contributed by atoms with Crippen LogP contribution < -0.4 is 5.56 Å². The Morgan fingerprint density at radius 2 is 1.19 bits per heavy atom. The SMILES string of the molecule is O=C(CCCN1C(=O)c2ccc3c4ccc5c(=O)n6c7cc8ccccc8cc7nc6c6ccc(c7ccc(c2c37)C1=O)c4c56)ON1C(=O)CCC1=O. The topological polar surface area (TPSA) is 135 Å². The number of nitrogens with zero attached hydrogens (tertiary/aromatic N) is 4. The maximum absolute atomic E-state index is 14.3. The third kappa shape index (κ3) is 3.85. The van der Waals surface area contributed by atoms with Gasteiger partial charge in [0.15, 0.2) is 0 Å². The van der Waals surface area contributed by atoms with Gasteiger partial charge in [0.2, 0.25) is 0 Å². The number of hydrogen-bond acceptors (Lipinski definition) is 8.